The van der Waals surface area contributed by atoms with Crippen LogP contribution in [-0.2, 0) is 21.7 Å². The molecule has 0 atom stereocenters. The Morgan fingerprint density at radius 1 is 0.810 bits per heavy atom. The Morgan fingerprint density at radius 2 is 1.10 bits per heavy atom. The summed E-state index contributed by atoms with van der Waals surface area (Å²) in [7, 11) is -3.07. The summed E-state index contributed by atoms with van der Waals surface area (Å²) in [6.45, 7) is 8.47. The molecule has 2 rings (SSSR count). The third-order valence-electron chi connectivity index (χ3n) is 2.67. The minimum Gasteiger partial charge on any atom is -0.272 e. The van der Waals surface area contributed by atoms with Crippen molar-refractivity contribution in [1.82, 2.24) is 0 Å². The molecule has 21 heavy (non-hydrogen) atoms. The molecular weight excluding hydrogens is 414 g/mol. The Kier molecular flexibility index (Phi) is 15.2. The molecule has 0 bridgehead atoms. The van der Waals surface area contributed by atoms with Gasteiger partial charge in [-0.05, 0) is 0 Å². The zero-order chi connectivity index (χ0) is 13.8. The van der Waals surface area contributed by atoms with Crippen LogP contribution in [-0.4, -0.2) is 14.8 Å². The van der Waals surface area contributed by atoms with Gasteiger partial charge in [0.25, 0.3) is 0 Å². The van der Waals surface area contributed by atoms with Gasteiger partial charge in [0.2, 0.25) is 0 Å². The largest absolute Gasteiger partial charge is 2.00 e. The summed E-state index contributed by atoms with van der Waals surface area (Å²) in [6, 6.07) is 0. The van der Waals surface area contributed by atoms with Crippen molar-refractivity contribution >= 4 is 61.7 Å². The molecule has 2 aliphatic rings. The first-order valence-corrected chi connectivity index (χ1v) is 14.2. The topological polar surface area (TPSA) is 0 Å². The van der Waals surface area contributed by atoms with Crippen LogP contribution in [0.5, 0.6) is 0 Å². The minimum atomic E-state index is -1.53. The third-order valence-corrected chi connectivity index (χ3v) is 7.14. The molecule has 2 aliphatic carbocycles. The molecule has 118 valence electrons. The molecule has 0 saturated carbocycles. The van der Waals surface area contributed by atoms with E-state index in [-0.39, 0.29) is 46.5 Å². The predicted octanol–water partition coefficient (Wildman–Crippen LogP) is 6.16. The summed E-state index contributed by atoms with van der Waals surface area (Å²) < 4.78 is 0. The molecule has 0 aromatic rings. The predicted molar refractivity (Wildman–Crippen MR) is 102 cm³/mol. The van der Waals surface area contributed by atoms with E-state index in [1.54, 1.807) is 0 Å². The summed E-state index contributed by atoms with van der Waals surface area (Å²) >= 11 is 12.3. The van der Waals surface area contributed by atoms with Crippen molar-refractivity contribution in [2.75, 3.05) is 0 Å². The molecule has 7 heteroatoms. The van der Waals surface area contributed by atoms with Crippen molar-refractivity contribution in [2.45, 2.75) is 39.0 Å². The average Bonchev–Trinajstić information content (AvgIpc) is 2.91. The van der Waals surface area contributed by atoms with Gasteiger partial charge in [-0.25, -0.2) is 22.5 Å². The first-order valence-electron chi connectivity index (χ1n) is 6.15. The molecule has 0 aromatic heterocycles. The molecule has 0 amide bonds. The molecule has 0 N–H and O–H groups in total. The fourth-order valence-corrected chi connectivity index (χ4v) is 4.48. The van der Waals surface area contributed by atoms with Crippen molar-refractivity contribution in [3.05, 3.63) is 46.8 Å². The van der Waals surface area contributed by atoms with Gasteiger partial charge in [-0.15, -0.1) is 37.7 Å². The van der Waals surface area contributed by atoms with Crippen molar-refractivity contribution < 1.29 is 21.7 Å². The van der Waals surface area contributed by atoms with Gasteiger partial charge in [0.05, 0.1) is 0 Å². The maximum absolute atomic E-state index is 6.13. The van der Waals surface area contributed by atoms with E-state index >= 15 is 0 Å². The van der Waals surface area contributed by atoms with Crippen molar-refractivity contribution in [2.24, 2.45) is 0 Å². The zero-order valence-corrected chi connectivity index (χ0v) is 19.5. The van der Waals surface area contributed by atoms with Gasteiger partial charge in [0, 0.05) is 0 Å². The Morgan fingerprint density at radius 3 is 1.19 bits per heavy atom. The molecule has 0 nitrogen and oxygen atoms in total. The zero-order valence-electron chi connectivity index (χ0n) is 12.8. The summed E-state index contributed by atoms with van der Waals surface area (Å²) in [6.07, 6.45) is 16.8. The monoisotopic (exact) mass is 434 g/mol. The smallest absolute Gasteiger partial charge is 0.272 e. The second-order valence-electron chi connectivity index (χ2n) is 5.34. The van der Waals surface area contributed by atoms with E-state index in [4.69, 9.17) is 22.2 Å². The first kappa shape index (κ1) is 27.1. The third kappa shape index (κ3) is 10.6. The standard InChI is InChI=1S/2C7H10ClSi.2ClH.Ti/c2*1-9(2,8)7-5-3-4-6-7;;;/h2*3,5H,4H2,1-2H3;2*1H;/q2*-1;;;+2. The van der Waals surface area contributed by atoms with Gasteiger partial charge < -0.3 is 0 Å². The second-order valence-corrected chi connectivity index (χ2v) is 18.0. The summed E-state index contributed by atoms with van der Waals surface area (Å²) in [4.78, 5) is 0. The van der Waals surface area contributed by atoms with Crippen molar-refractivity contribution in [1.29, 1.82) is 0 Å². The molecule has 0 spiro atoms. The quantitative estimate of drug-likeness (QED) is 0.277. The summed E-state index contributed by atoms with van der Waals surface area (Å²) in [5.41, 5.74) is 0. The fraction of sp³-hybridized carbons (Fsp3) is 0.429. The van der Waals surface area contributed by atoms with Crippen LogP contribution in [0.25, 0.3) is 0 Å². The number of hydrogen-bond donors (Lipinski definition) is 0. The normalized spacial score (nSPS) is 15.7. The maximum atomic E-state index is 6.13. The number of rotatable bonds is 2. The van der Waals surface area contributed by atoms with Gasteiger partial charge in [0.15, 0.2) is 0 Å². The molecule has 0 fully saturated rings. The van der Waals surface area contributed by atoms with Crippen LogP contribution in [0, 0.1) is 12.2 Å². The van der Waals surface area contributed by atoms with E-state index in [0.717, 1.165) is 12.8 Å². The van der Waals surface area contributed by atoms with Crippen LogP contribution >= 0.6 is 47.0 Å². The second kappa shape index (κ2) is 11.8. The van der Waals surface area contributed by atoms with Gasteiger partial charge in [-0.3, -0.25) is 12.2 Å². The SMILES string of the molecule is C[Si](C)(Cl)C1=[C-]CC=C1.C[Si](C)(Cl)C1=[C-]CC=C1.Cl.Cl.[Ti+2]. The van der Waals surface area contributed by atoms with Crippen LogP contribution in [0.1, 0.15) is 12.8 Å². The molecule has 0 heterocycles. The molecular formula is C14H22Cl4Si2Ti. The van der Waals surface area contributed by atoms with E-state index in [0.29, 0.717) is 0 Å². The van der Waals surface area contributed by atoms with E-state index in [2.05, 4.69) is 62.6 Å². The average molecular weight is 436 g/mol. The Balaban J connectivity index is -0.000000270. The molecule has 0 unspecified atom stereocenters. The Labute approximate surface area is 168 Å². The van der Waals surface area contributed by atoms with E-state index in [1.165, 1.54) is 10.4 Å². The Hall–Kier alpha value is 1.27. The van der Waals surface area contributed by atoms with E-state index in [1.807, 2.05) is 0 Å². The van der Waals surface area contributed by atoms with Crippen LogP contribution in [0.2, 0.25) is 26.2 Å². The van der Waals surface area contributed by atoms with Crippen molar-refractivity contribution in [3.8, 4) is 0 Å². The van der Waals surface area contributed by atoms with E-state index in [9.17, 15) is 0 Å². The molecule has 0 radical (unpaired) electrons. The van der Waals surface area contributed by atoms with Crippen LogP contribution in [0.3, 0.4) is 0 Å². The van der Waals surface area contributed by atoms with Gasteiger partial charge in [-0.2, -0.15) is 34.3 Å². The van der Waals surface area contributed by atoms with Gasteiger partial charge in [-0.1, -0.05) is 26.2 Å². The molecule has 0 aromatic carbocycles. The van der Waals surface area contributed by atoms with Crippen LogP contribution in [0.15, 0.2) is 34.7 Å². The first-order chi connectivity index (χ1) is 8.21. The summed E-state index contributed by atoms with van der Waals surface area (Å²) in [5.74, 6) is 0. The molecule has 0 saturated heterocycles. The van der Waals surface area contributed by atoms with Crippen molar-refractivity contribution in [3.63, 3.8) is 0 Å². The van der Waals surface area contributed by atoms with Gasteiger partial charge in [0.1, 0.15) is 14.8 Å². The fourth-order valence-electron chi connectivity index (χ4n) is 1.63. The summed E-state index contributed by atoms with van der Waals surface area (Å²) in [5, 5.41) is 2.51. The minimum absolute atomic E-state index is 0. The Bertz CT molecular complexity index is 376. The number of hydrogen-bond acceptors (Lipinski definition) is 0. The van der Waals surface area contributed by atoms with Gasteiger partial charge >= 0.3 is 21.7 Å². The molecule has 0 aliphatic heterocycles. The maximum Gasteiger partial charge on any atom is 2.00 e. The number of halogens is 4. The van der Waals surface area contributed by atoms with E-state index < -0.39 is 14.8 Å². The number of allylic oxidation sites excluding steroid dienone is 8. The van der Waals surface area contributed by atoms with Crippen LogP contribution in [0.4, 0.5) is 0 Å². The van der Waals surface area contributed by atoms with Crippen LogP contribution < -0.4 is 0 Å².